The number of rotatable bonds is 5. The molecule has 0 unspecified atom stereocenters. The van der Waals surface area contributed by atoms with E-state index in [0.29, 0.717) is 18.9 Å². The summed E-state index contributed by atoms with van der Waals surface area (Å²) in [5, 5.41) is 14.2. The summed E-state index contributed by atoms with van der Waals surface area (Å²) in [7, 11) is 0. The predicted octanol–water partition coefficient (Wildman–Crippen LogP) is 1.71. The topological polar surface area (TPSA) is 60.0 Å². The molecule has 24 heavy (non-hydrogen) atoms. The lowest BCUT2D eigenvalue weighted by molar-refractivity contribution is -0.193. The van der Waals surface area contributed by atoms with Crippen LogP contribution in [0.5, 0.6) is 5.75 Å². The molecule has 2 aliphatic rings. The zero-order chi connectivity index (χ0) is 16.4. The number of fused-ring (bicyclic) bond motifs is 2. The number of hydrogen-bond donors (Lipinski definition) is 2. The number of hydrogen-bond acceptors (Lipinski definition) is 5. The van der Waals surface area contributed by atoms with Crippen LogP contribution in [0.4, 0.5) is 0 Å². The lowest BCUT2D eigenvalue weighted by Gasteiger charge is -2.38. The zero-order valence-electron chi connectivity index (χ0n) is 13.2. The Labute approximate surface area is 141 Å². The van der Waals surface area contributed by atoms with Gasteiger partial charge < -0.3 is 24.6 Å². The SMILES string of the molecule is O[C@H]1[C@H](NCc2ccccc2)[C@H]2CO[C@H](O2)[C@@H]1Oc1ccccc1. The van der Waals surface area contributed by atoms with Crippen LogP contribution in [0.1, 0.15) is 5.56 Å². The first-order valence-electron chi connectivity index (χ1n) is 8.25. The van der Waals surface area contributed by atoms with Gasteiger partial charge in [0.1, 0.15) is 18.0 Å². The second-order valence-electron chi connectivity index (χ2n) is 6.15. The number of benzene rings is 2. The highest BCUT2D eigenvalue weighted by molar-refractivity contribution is 5.22. The van der Waals surface area contributed by atoms with Crippen molar-refractivity contribution in [3.8, 4) is 5.75 Å². The molecule has 2 aliphatic heterocycles. The minimum atomic E-state index is -0.708. The molecule has 0 spiro atoms. The summed E-state index contributed by atoms with van der Waals surface area (Å²) in [6.45, 7) is 1.12. The van der Waals surface area contributed by atoms with Crippen LogP contribution in [-0.4, -0.2) is 42.4 Å². The van der Waals surface area contributed by atoms with E-state index in [0.717, 1.165) is 5.56 Å². The summed E-state index contributed by atoms with van der Waals surface area (Å²) in [5.41, 5.74) is 1.16. The highest BCUT2D eigenvalue weighted by atomic mass is 16.7. The van der Waals surface area contributed by atoms with Crippen LogP contribution in [0.15, 0.2) is 60.7 Å². The van der Waals surface area contributed by atoms with Gasteiger partial charge in [-0.25, -0.2) is 0 Å². The number of nitrogens with one attached hydrogen (secondary N) is 1. The van der Waals surface area contributed by atoms with Crippen LogP contribution in [-0.2, 0) is 16.0 Å². The van der Waals surface area contributed by atoms with Crippen molar-refractivity contribution in [2.75, 3.05) is 6.61 Å². The summed E-state index contributed by atoms with van der Waals surface area (Å²) >= 11 is 0. The molecule has 5 nitrogen and oxygen atoms in total. The van der Waals surface area contributed by atoms with Crippen LogP contribution >= 0.6 is 0 Å². The van der Waals surface area contributed by atoms with Gasteiger partial charge in [0.05, 0.1) is 12.6 Å². The van der Waals surface area contributed by atoms with Crippen LogP contribution in [0.25, 0.3) is 0 Å². The maximum atomic E-state index is 10.8. The number of para-hydroxylation sites is 1. The van der Waals surface area contributed by atoms with Crippen molar-refractivity contribution in [1.29, 1.82) is 0 Å². The third kappa shape index (κ3) is 3.16. The maximum Gasteiger partial charge on any atom is 0.197 e. The predicted molar refractivity (Wildman–Crippen MR) is 88.5 cm³/mol. The van der Waals surface area contributed by atoms with E-state index in [1.54, 1.807) is 0 Å². The number of aliphatic hydroxyl groups excluding tert-OH is 1. The van der Waals surface area contributed by atoms with Crippen LogP contribution < -0.4 is 10.1 Å². The van der Waals surface area contributed by atoms with Gasteiger partial charge in [0, 0.05) is 6.54 Å². The van der Waals surface area contributed by atoms with Crippen LogP contribution in [0.3, 0.4) is 0 Å². The molecule has 2 N–H and O–H groups in total. The minimum Gasteiger partial charge on any atom is -0.482 e. The normalized spacial score (nSPS) is 31.8. The van der Waals surface area contributed by atoms with E-state index in [4.69, 9.17) is 14.2 Å². The van der Waals surface area contributed by atoms with E-state index in [-0.39, 0.29) is 12.1 Å². The Kier molecular flexibility index (Phi) is 4.49. The molecule has 0 aliphatic carbocycles. The molecule has 0 aromatic heterocycles. The first-order valence-corrected chi connectivity index (χ1v) is 8.25. The highest BCUT2D eigenvalue weighted by Gasteiger charge is 2.51. The highest BCUT2D eigenvalue weighted by Crippen LogP contribution is 2.31. The third-order valence-corrected chi connectivity index (χ3v) is 4.51. The minimum absolute atomic E-state index is 0.163. The first kappa shape index (κ1) is 15.6. The van der Waals surface area contributed by atoms with Gasteiger partial charge >= 0.3 is 0 Å². The van der Waals surface area contributed by atoms with Crippen molar-refractivity contribution in [2.24, 2.45) is 0 Å². The number of ether oxygens (including phenoxy) is 3. The van der Waals surface area contributed by atoms with Crippen molar-refractivity contribution >= 4 is 0 Å². The fraction of sp³-hybridized carbons (Fsp3) is 0.368. The van der Waals surface area contributed by atoms with E-state index in [9.17, 15) is 5.11 Å². The summed E-state index contributed by atoms with van der Waals surface area (Å²) in [4.78, 5) is 0. The molecule has 2 bridgehead atoms. The van der Waals surface area contributed by atoms with Gasteiger partial charge in [0.2, 0.25) is 0 Å². The zero-order valence-corrected chi connectivity index (χ0v) is 13.2. The lowest BCUT2D eigenvalue weighted by Crippen LogP contribution is -2.61. The second-order valence-corrected chi connectivity index (χ2v) is 6.15. The quantitative estimate of drug-likeness (QED) is 0.875. The summed E-state index contributed by atoms with van der Waals surface area (Å²) in [6.07, 6.45) is -1.95. The van der Waals surface area contributed by atoms with Gasteiger partial charge in [-0.2, -0.15) is 0 Å². The van der Waals surface area contributed by atoms with Crippen molar-refractivity contribution < 1.29 is 19.3 Å². The third-order valence-electron chi connectivity index (χ3n) is 4.51. The van der Waals surface area contributed by atoms with Crippen LogP contribution in [0.2, 0.25) is 0 Å². The Morgan fingerprint density at radius 1 is 1.04 bits per heavy atom. The molecular formula is C19H21NO4. The van der Waals surface area contributed by atoms with E-state index < -0.39 is 18.5 Å². The Morgan fingerprint density at radius 3 is 2.50 bits per heavy atom. The molecule has 4 rings (SSSR count). The fourth-order valence-electron chi connectivity index (χ4n) is 3.25. The molecule has 2 saturated heterocycles. The maximum absolute atomic E-state index is 10.8. The Hall–Kier alpha value is -1.92. The van der Waals surface area contributed by atoms with Crippen molar-refractivity contribution in [1.82, 2.24) is 5.32 Å². The van der Waals surface area contributed by atoms with E-state index in [1.165, 1.54) is 0 Å². The van der Waals surface area contributed by atoms with E-state index >= 15 is 0 Å². The van der Waals surface area contributed by atoms with Crippen molar-refractivity contribution in [2.45, 2.75) is 37.2 Å². The second kappa shape index (κ2) is 6.91. The van der Waals surface area contributed by atoms with E-state index in [2.05, 4.69) is 17.4 Å². The largest absolute Gasteiger partial charge is 0.482 e. The Morgan fingerprint density at radius 2 is 1.75 bits per heavy atom. The van der Waals surface area contributed by atoms with Crippen molar-refractivity contribution in [3.63, 3.8) is 0 Å². The first-order chi connectivity index (χ1) is 11.8. The summed E-state index contributed by atoms with van der Waals surface area (Å²) in [6, 6.07) is 19.3. The molecule has 2 fully saturated rings. The molecule has 2 aromatic carbocycles. The molecule has 0 amide bonds. The smallest absolute Gasteiger partial charge is 0.197 e. The van der Waals surface area contributed by atoms with Gasteiger partial charge in [0.15, 0.2) is 12.4 Å². The van der Waals surface area contributed by atoms with Gasteiger partial charge in [-0.1, -0.05) is 48.5 Å². The molecule has 126 valence electrons. The average molecular weight is 327 g/mol. The summed E-state index contributed by atoms with van der Waals surface area (Å²) < 4.78 is 17.5. The van der Waals surface area contributed by atoms with Gasteiger partial charge in [0.25, 0.3) is 0 Å². The van der Waals surface area contributed by atoms with Gasteiger partial charge in [-0.15, -0.1) is 0 Å². The van der Waals surface area contributed by atoms with Gasteiger partial charge in [-0.3, -0.25) is 0 Å². The molecule has 2 aromatic rings. The van der Waals surface area contributed by atoms with E-state index in [1.807, 2.05) is 48.5 Å². The molecule has 5 atom stereocenters. The standard InChI is InChI=1S/C19H21NO4/c21-17-16(20-11-13-7-3-1-4-8-13)15-12-22-19(24-15)18(17)23-14-9-5-2-6-10-14/h1-10,15-21H,11-12H2/t15-,16-,17+,18-,19-/m1/s1. The fourth-order valence-corrected chi connectivity index (χ4v) is 3.25. The summed E-state index contributed by atoms with van der Waals surface area (Å²) in [5.74, 6) is 0.695. The van der Waals surface area contributed by atoms with Crippen LogP contribution in [0, 0.1) is 0 Å². The number of aliphatic hydroxyl groups is 1. The lowest BCUT2D eigenvalue weighted by atomic mass is 9.97. The molecule has 0 saturated carbocycles. The Bertz CT molecular complexity index is 651. The molecule has 2 heterocycles. The monoisotopic (exact) mass is 327 g/mol. The Balaban J connectivity index is 1.46. The van der Waals surface area contributed by atoms with Crippen molar-refractivity contribution in [3.05, 3.63) is 66.2 Å². The molecular weight excluding hydrogens is 306 g/mol. The molecule has 5 heteroatoms. The van der Waals surface area contributed by atoms with Gasteiger partial charge in [-0.05, 0) is 17.7 Å². The average Bonchev–Trinajstić information content (AvgIpc) is 3.06. The molecule has 0 radical (unpaired) electrons.